The first-order chi connectivity index (χ1) is 19.7. The van der Waals surface area contributed by atoms with Crippen LogP contribution in [0.2, 0.25) is 5.02 Å². The summed E-state index contributed by atoms with van der Waals surface area (Å²) in [6.07, 6.45) is -3.29. The van der Waals surface area contributed by atoms with Crippen LogP contribution in [0.3, 0.4) is 0 Å². The van der Waals surface area contributed by atoms with Gasteiger partial charge in [-0.3, -0.25) is 9.78 Å². The molecule has 1 aromatic heterocycles. The van der Waals surface area contributed by atoms with E-state index in [1.165, 1.54) is 24.4 Å². The number of aromatic nitrogens is 1. The van der Waals surface area contributed by atoms with E-state index in [0.29, 0.717) is 6.42 Å². The van der Waals surface area contributed by atoms with Crippen molar-refractivity contribution in [2.45, 2.75) is 54.5 Å². The molecule has 42 heavy (non-hydrogen) atoms. The van der Waals surface area contributed by atoms with Crippen LogP contribution in [0.1, 0.15) is 60.3 Å². The molecular weight excluding hydrogens is 600 g/mol. The molecule has 224 valence electrons. The Balaban J connectivity index is 1.42. The Morgan fingerprint density at radius 3 is 2.50 bits per heavy atom. The van der Waals surface area contributed by atoms with Gasteiger partial charge in [0, 0.05) is 29.1 Å². The zero-order valence-corrected chi connectivity index (χ0v) is 23.7. The Labute approximate surface area is 244 Å². The number of sulfone groups is 1. The average molecular weight is 627 g/mol. The lowest BCUT2D eigenvalue weighted by molar-refractivity contribution is -0.150. The fourth-order valence-corrected chi connectivity index (χ4v) is 8.90. The van der Waals surface area contributed by atoms with Crippen LogP contribution in [-0.4, -0.2) is 40.4 Å². The number of hydrogen-bond acceptors (Lipinski definition) is 6. The van der Waals surface area contributed by atoms with Crippen LogP contribution in [-0.2, 0) is 9.84 Å². The van der Waals surface area contributed by atoms with Crippen molar-refractivity contribution < 1.29 is 41.0 Å². The number of fused-ring (bicyclic) bond motifs is 2. The molecule has 0 saturated heterocycles. The summed E-state index contributed by atoms with van der Waals surface area (Å²) in [5.41, 5.74) is -2.89. The van der Waals surface area contributed by atoms with Crippen molar-refractivity contribution in [2.75, 3.05) is 5.32 Å². The van der Waals surface area contributed by atoms with Gasteiger partial charge < -0.3 is 15.5 Å². The molecule has 2 aromatic carbocycles. The molecule has 2 saturated carbocycles. The van der Waals surface area contributed by atoms with Gasteiger partial charge in [0.1, 0.15) is 11.7 Å². The number of nitrogens with zero attached hydrogens (tertiary/aromatic N) is 1. The Hall–Kier alpha value is -3.06. The van der Waals surface area contributed by atoms with Crippen molar-refractivity contribution in [3.8, 4) is 0 Å². The van der Waals surface area contributed by atoms with E-state index in [0.717, 1.165) is 30.3 Å². The highest BCUT2D eigenvalue weighted by atomic mass is 35.5. The second-order valence-electron chi connectivity index (χ2n) is 11.0. The van der Waals surface area contributed by atoms with Gasteiger partial charge in [-0.2, -0.15) is 0 Å². The molecule has 2 aliphatic rings. The molecule has 3 N–H and O–H groups in total. The molecule has 0 radical (unpaired) electrons. The molecular formula is C29H27ClF4N2O5S. The predicted octanol–water partition coefficient (Wildman–Crippen LogP) is 5.88. The van der Waals surface area contributed by atoms with Gasteiger partial charge in [-0.25, -0.2) is 26.0 Å². The maximum Gasteiger partial charge on any atom is 0.265 e. The van der Waals surface area contributed by atoms with Crippen LogP contribution >= 0.6 is 11.6 Å². The zero-order chi connectivity index (χ0) is 30.6. The number of nitrogens with one attached hydrogen (secondary N) is 1. The normalized spacial score (nSPS) is 26.3. The fraction of sp³-hybridized carbons (Fsp3) is 0.379. The van der Waals surface area contributed by atoms with Crippen molar-refractivity contribution in [3.63, 3.8) is 0 Å². The summed E-state index contributed by atoms with van der Waals surface area (Å²) >= 11 is 6.28. The lowest BCUT2D eigenvalue weighted by Gasteiger charge is -2.45. The Morgan fingerprint density at radius 1 is 1.10 bits per heavy atom. The number of benzene rings is 2. The highest BCUT2D eigenvalue weighted by Crippen LogP contribution is 2.59. The van der Waals surface area contributed by atoms with E-state index in [1.807, 2.05) is 0 Å². The average Bonchev–Trinajstić information content (AvgIpc) is 3.07. The van der Waals surface area contributed by atoms with Crippen molar-refractivity contribution in [1.82, 2.24) is 4.98 Å². The molecule has 5 rings (SSSR count). The number of halogens is 5. The molecule has 1 amide bonds. The molecule has 3 unspecified atom stereocenters. The van der Waals surface area contributed by atoms with E-state index < -0.39 is 68.2 Å². The third kappa shape index (κ3) is 5.18. The molecule has 6 atom stereocenters. The van der Waals surface area contributed by atoms with Gasteiger partial charge in [-0.1, -0.05) is 18.5 Å². The van der Waals surface area contributed by atoms with Gasteiger partial charge in [0.15, 0.2) is 21.5 Å². The van der Waals surface area contributed by atoms with Gasteiger partial charge in [0.2, 0.25) is 0 Å². The Kier molecular flexibility index (Phi) is 8.12. The highest BCUT2D eigenvalue weighted by Gasteiger charge is 2.62. The van der Waals surface area contributed by atoms with Gasteiger partial charge in [0.05, 0.1) is 20.9 Å². The summed E-state index contributed by atoms with van der Waals surface area (Å²) in [7, 11) is -4.20. The van der Waals surface area contributed by atoms with E-state index in [9.17, 15) is 41.0 Å². The maximum atomic E-state index is 13.9. The summed E-state index contributed by atoms with van der Waals surface area (Å²) in [6, 6.07) is 8.81. The predicted molar refractivity (Wildman–Crippen MR) is 146 cm³/mol. The zero-order valence-electron chi connectivity index (χ0n) is 22.1. The molecule has 2 bridgehead atoms. The smallest absolute Gasteiger partial charge is 0.265 e. The number of hydrogen-bond donors (Lipinski definition) is 3. The van der Waals surface area contributed by atoms with E-state index in [4.69, 9.17) is 11.6 Å². The van der Waals surface area contributed by atoms with Gasteiger partial charge >= 0.3 is 0 Å². The molecule has 0 spiro atoms. The van der Waals surface area contributed by atoms with Crippen LogP contribution in [0.25, 0.3) is 0 Å². The van der Waals surface area contributed by atoms with E-state index in [2.05, 4.69) is 10.3 Å². The van der Waals surface area contributed by atoms with E-state index in [-0.39, 0.29) is 45.6 Å². The summed E-state index contributed by atoms with van der Waals surface area (Å²) in [5.74, 6) is -4.82. The highest BCUT2D eigenvalue weighted by molar-refractivity contribution is 7.92. The minimum atomic E-state index is -4.20. The molecule has 0 aliphatic heterocycles. The number of pyridine rings is 1. The lowest BCUT2D eigenvalue weighted by atomic mass is 9.69. The second-order valence-corrected chi connectivity index (χ2v) is 13.6. The minimum Gasteiger partial charge on any atom is -0.386 e. The number of anilines is 1. The number of alkyl halides is 2. The molecule has 13 heteroatoms. The summed E-state index contributed by atoms with van der Waals surface area (Å²) in [4.78, 5) is 16.4. The van der Waals surface area contributed by atoms with E-state index in [1.54, 1.807) is 6.92 Å². The van der Waals surface area contributed by atoms with Crippen molar-refractivity contribution >= 4 is 33.0 Å². The largest absolute Gasteiger partial charge is 0.386 e. The van der Waals surface area contributed by atoms with Crippen LogP contribution in [0.4, 0.5) is 23.2 Å². The number of rotatable bonds is 7. The molecule has 1 heterocycles. The first-order valence-corrected chi connectivity index (χ1v) is 15.1. The Morgan fingerprint density at radius 2 is 1.83 bits per heavy atom. The van der Waals surface area contributed by atoms with Gasteiger partial charge in [0.25, 0.3) is 12.3 Å². The first kappa shape index (κ1) is 30.4. The van der Waals surface area contributed by atoms with Crippen LogP contribution < -0.4 is 5.32 Å². The lowest BCUT2D eigenvalue weighted by Crippen LogP contribution is -2.53. The monoisotopic (exact) mass is 626 g/mol. The summed E-state index contributed by atoms with van der Waals surface area (Å²) < 4.78 is 81.9. The molecule has 2 fully saturated rings. The molecule has 7 nitrogen and oxygen atoms in total. The third-order valence-electron chi connectivity index (χ3n) is 8.57. The standard InChI is InChI=1S/C29H27ClF4N2O5S/c1-14-9-16-11-18(13-20(14)29(16,39)26(37)25-19(27(33)34)3-2-8-35-25)42(40,41)24-10-15(4-6-21(24)30)28(38)36-17-5-7-22(31)23(32)12-17/h2-8,10,12,14,16,18,20,26-27,37,39H,9,11,13H2,1H3,(H,36,38)/t14-,16?,18+,20?,26?,29+/m0/s1. The maximum absolute atomic E-state index is 13.9. The van der Waals surface area contributed by atoms with Crippen LogP contribution in [0, 0.1) is 29.4 Å². The summed E-state index contributed by atoms with van der Waals surface area (Å²) in [6.45, 7) is 1.81. The first-order valence-electron chi connectivity index (χ1n) is 13.2. The topological polar surface area (TPSA) is 117 Å². The number of aliphatic hydroxyl groups is 2. The number of carbonyl (C=O) groups is 1. The van der Waals surface area contributed by atoms with Crippen molar-refractivity contribution in [2.24, 2.45) is 17.8 Å². The van der Waals surface area contributed by atoms with Crippen LogP contribution in [0.15, 0.2) is 59.6 Å². The molecule has 2 aliphatic carbocycles. The Bertz CT molecular complexity index is 1640. The van der Waals surface area contributed by atoms with Gasteiger partial charge in [-0.05, 0) is 79.5 Å². The van der Waals surface area contributed by atoms with Crippen molar-refractivity contribution in [3.05, 3.63) is 88.2 Å². The molecule has 3 aromatic rings. The number of aliphatic hydroxyl groups excluding tert-OH is 1. The van der Waals surface area contributed by atoms with Crippen LogP contribution in [0.5, 0.6) is 0 Å². The quantitative estimate of drug-likeness (QED) is 0.282. The SMILES string of the molecule is C[C@H]1CC2C[C@@H](S(=O)(=O)c3cc(C(=O)Nc4ccc(F)c(F)c4)ccc3Cl)CC1[C@@]2(O)C(O)c1ncccc1C(F)F. The van der Waals surface area contributed by atoms with Gasteiger partial charge in [-0.15, -0.1) is 0 Å². The summed E-state index contributed by atoms with van der Waals surface area (Å²) in [5, 5.41) is 24.2. The second kappa shape index (κ2) is 11.2. The minimum absolute atomic E-state index is 0.0446. The number of carbonyl (C=O) groups excluding carboxylic acids is 1. The number of amides is 1. The van der Waals surface area contributed by atoms with Crippen molar-refractivity contribution in [1.29, 1.82) is 0 Å². The van der Waals surface area contributed by atoms with E-state index >= 15 is 0 Å². The fourth-order valence-electron chi connectivity index (χ4n) is 6.52. The third-order valence-corrected chi connectivity index (χ3v) is 11.2.